The average Bonchev–Trinajstić information content (AvgIpc) is 2.74. The van der Waals surface area contributed by atoms with E-state index in [9.17, 15) is 4.79 Å². The third-order valence-electron chi connectivity index (χ3n) is 2.64. The molecule has 2 N–H and O–H groups in total. The Morgan fingerprint density at radius 1 is 1.47 bits per heavy atom. The number of nitrogen functional groups attached to an aromatic ring is 1. The lowest BCUT2D eigenvalue weighted by atomic mass is 10.2. The minimum atomic E-state index is -0.441. The topological polar surface area (TPSA) is 70.1 Å². The molecule has 0 aliphatic rings. The van der Waals surface area contributed by atoms with Crippen molar-refractivity contribution in [2.45, 2.75) is 6.42 Å². The predicted octanol–water partition coefficient (Wildman–Crippen LogP) is 2.06. The van der Waals surface area contributed by atoms with E-state index >= 15 is 0 Å². The Labute approximate surface area is 116 Å². The minimum absolute atomic E-state index is 0.260. The molecule has 0 atom stereocenters. The number of carbonyl (C=O) groups excluding carboxylic acids is 1. The second kappa shape index (κ2) is 5.75. The van der Waals surface area contributed by atoms with Gasteiger partial charge in [-0.05, 0) is 18.2 Å². The van der Waals surface area contributed by atoms with Gasteiger partial charge >= 0.3 is 5.97 Å². The summed E-state index contributed by atoms with van der Waals surface area (Å²) >= 11 is 5.83. The predicted molar refractivity (Wildman–Crippen MR) is 73.1 cm³/mol. The van der Waals surface area contributed by atoms with Crippen molar-refractivity contribution in [1.29, 1.82) is 0 Å². The minimum Gasteiger partial charge on any atom is -0.462 e. The van der Waals surface area contributed by atoms with Crippen LogP contribution >= 0.6 is 11.6 Å². The number of hydrogen-bond donors (Lipinski definition) is 1. The fourth-order valence-electron chi connectivity index (χ4n) is 1.69. The van der Waals surface area contributed by atoms with Crippen molar-refractivity contribution >= 4 is 23.3 Å². The summed E-state index contributed by atoms with van der Waals surface area (Å²) in [5.41, 5.74) is 6.40. The normalized spacial score (nSPS) is 10.4. The Morgan fingerprint density at radius 2 is 2.26 bits per heavy atom. The van der Waals surface area contributed by atoms with E-state index < -0.39 is 5.97 Å². The SMILES string of the molecule is Cn1ccnc1CCOC(=O)c1cc(N)cc(Cl)c1. The zero-order valence-electron chi connectivity index (χ0n) is 10.5. The Kier molecular flexibility index (Phi) is 4.06. The lowest BCUT2D eigenvalue weighted by molar-refractivity contribution is 0.0507. The van der Waals surface area contributed by atoms with Crippen molar-refractivity contribution in [2.75, 3.05) is 12.3 Å². The molecule has 0 amide bonds. The molecule has 0 saturated heterocycles. The van der Waals surface area contributed by atoms with E-state index in [0.717, 1.165) is 5.82 Å². The summed E-state index contributed by atoms with van der Waals surface area (Å²) in [6.07, 6.45) is 4.11. The molecule has 0 fully saturated rings. The van der Waals surface area contributed by atoms with Crippen molar-refractivity contribution in [3.63, 3.8) is 0 Å². The number of hydrogen-bond acceptors (Lipinski definition) is 4. The first-order valence-electron chi connectivity index (χ1n) is 5.75. The maximum atomic E-state index is 11.8. The first-order valence-corrected chi connectivity index (χ1v) is 6.13. The maximum absolute atomic E-state index is 11.8. The van der Waals surface area contributed by atoms with Crippen LogP contribution in [0.25, 0.3) is 0 Å². The van der Waals surface area contributed by atoms with E-state index in [-0.39, 0.29) is 6.61 Å². The molecule has 1 aromatic carbocycles. The van der Waals surface area contributed by atoms with Gasteiger partial charge in [0.1, 0.15) is 5.82 Å². The summed E-state index contributed by atoms with van der Waals surface area (Å²) in [5.74, 6) is 0.418. The van der Waals surface area contributed by atoms with Crippen LogP contribution in [0, 0.1) is 0 Å². The Morgan fingerprint density at radius 3 is 2.89 bits per heavy atom. The van der Waals surface area contributed by atoms with Gasteiger partial charge in [0.15, 0.2) is 0 Å². The number of halogens is 1. The Bertz CT molecular complexity index is 575. The highest BCUT2D eigenvalue weighted by Crippen LogP contribution is 2.17. The fraction of sp³-hybridized carbons (Fsp3) is 0.231. The number of benzene rings is 1. The van der Waals surface area contributed by atoms with Gasteiger partial charge in [-0.2, -0.15) is 0 Å². The van der Waals surface area contributed by atoms with Crippen molar-refractivity contribution in [1.82, 2.24) is 9.55 Å². The van der Waals surface area contributed by atoms with Crippen LogP contribution < -0.4 is 5.73 Å². The number of esters is 1. The van der Waals surface area contributed by atoms with E-state index in [0.29, 0.717) is 22.7 Å². The van der Waals surface area contributed by atoms with Gasteiger partial charge in [0.05, 0.1) is 12.2 Å². The van der Waals surface area contributed by atoms with E-state index in [1.165, 1.54) is 12.1 Å². The first-order chi connectivity index (χ1) is 9.06. The van der Waals surface area contributed by atoms with Gasteiger partial charge in [-0.1, -0.05) is 11.6 Å². The molecule has 0 radical (unpaired) electrons. The molecule has 0 spiro atoms. The highest BCUT2D eigenvalue weighted by atomic mass is 35.5. The quantitative estimate of drug-likeness (QED) is 0.687. The highest BCUT2D eigenvalue weighted by Gasteiger charge is 2.09. The van der Waals surface area contributed by atoms with Gasteiger partial charge < -0.3 is 15.0 Å². The second-order valence-electron chi connectivity index (χ2n) is 4.11. The number of anilines is 1. The van der Waals surface area contributed by atoms with Gasteiger partial charge in [0.25, 0.3) is 0 Å². The molecular weight excluding hydrogens is 266 g/mol. The van der Waals surface area contributed by atoms with Crippen LogP contribution in [-0.2, 0) is 18.2 Å². The van der Waals surface area contributed by atoms with E-state index in [1.54, 1.807) is 12.3 Å². The third-order valence-corrected chi connectivity index (χ3v) is 2.85. The zero-order valence-corrected chi connectivity index (χ0v) is 11.2. The molecule has 0 aliphatic heterocycles. The van der Waals surface area contributed by atoms with Crippen LogP contribution in [0.2, 0.25) is 5.02 Å². The van der Waals surface area contributed by atoms with Crippen LogP contribution in [0.1, 0.15) is 16.2 Å². The summed E-state index contributed by atoms with van der Waals surface area (Å²) in [5, 5.41) is 0.413. The zero-order chi connectivity index (χ0) is 13.8. The standard InChI is InChI=1S/C13H14ClN3O2/c1-17-4-3-16-12(17)2-5-19-13(18)9-6-10(14)8-11(15)7-9/h3-4,6-8H,2,5,15H2,1H3. The van der Waals surface area contributed by atoms with Crippen molar-refractivity contribution in [2.24, 2.45) is 7.05 Å². The lowest BCUT2D eigenvalue weighted by Crippen LogP contribution is -2.10. The maximum Gasteiger partial charge on any atom is 0.338 e. The van der Waals surface area contributed by atoms with Crippen LogP contribution in [-0.4, -0.2) is 22.1 Å². The van der Waals surface area contributed by atoms with Crippen LogP contribution in [0.5, 0.6) is 0 Å². The van der Waals surface area contributed by atoms with Crippen LogP contribution in [0.15, 0.2) is 30.6 Å². The smallest absolute Gasteiger partial charge is 0.338 e. The van der Waals surface area contributed by atoms with Crippen molar-refractivity contribution in [3.8, 4) is 0 Å². The van der Waals surface area contributed by atoms with E-state index in [4.69, 9.17) is 22.1 Å². The second-order valence-corrected chi connectivity index (χ2v) is 4.55. The lowest BCUT2D eigenvalue weighted by Gasteiger charge is -2.06. The number of aryl methyl sites for hydroxylation is 1. The molecule has 19 heavy (non-hydrogen) atoms. The number of carbonyl (C=O) groups is 1. The van der Waals surface area contributed by atoms with Crippen LogP contribution in [0.3, 0.4) is 0 Å². The van der Waals surface area contributed by atoms with Crippen molar-refractivity contribution < 1.29 is 9.53 Å². The van der Waals surface area contributed by atoms with Gasteiger partial charge in [-0.3, -0.25) is 0 Å². The number of ether oxygens (including phenoxy) is 1. The average molecular weight is 280 g/mol. The largest absolute Gasteiger partial charge is 0.462 e. The van der Waals surface area contributed by atoms with Crippen LogP contribution in [0.4, 0.5) is 5.69 Å². The summed E-state index contributed by atoms with van der Waals surface area (Å²) in [6, 6.07) is 4.64. The summed E-state index contributed by atoms with van der Waals surface area (Å²) in [7, 11) is 1.89. The Balaban J connectivity index is 1.92. The molecule has 0 aliphatic carbocycles. The summed E-state index contributed by atoms with van der Waals surface area (Å²) in [6.45, 7) is 0.260. The molecule has 100 valence electrons. The van der Waals surface area contributed by atoms with Gasteiger partial charge in [0, 0.05) is 36.6 Å². The van der Waals surface area contributed by atoms with Gasteiger partial charge in [0.2, 0.25) is 0 Å². The molecule has 2 rings (SSSR count). The van der Waals surface area contributed by atoms with Gasteiger partial charge in [-0.25, -0.2) is 9.78 Å². The van der Waals surface area contributed by atoms with E-state index in [1.807, 2.05) is 17.8 Å². The Hall–Kier alpha value is -2.01. The molecule has 5 nitrogen and oxygen atoms in total. The molecule has 0 saturated carbocycles. The first kappa shape index (κ1) is 13.4. The molecule has 0 unspecified atom stereocenters. The third kappa shape index (κ3) is 3.48. The van der Waals surface area contributed by atoms with Gasteiger partial charge in [-0.15, -0.1) is 0 Å². The number of nitrogens with two attached hydrogens (primary N) is 1. The fourth-order valence-corrected chi connectivity index (χ4v) is 1.93. The molecule has 0 bridgehead atoms. The molecule has 1 heterocycles. The molecule has 6 heteroatoms. The highest BCUT2D eigenvalue weighted by molar-refractivity contribution is 6.31. The molecule has 2 aromatic rings. The summed E-state index contributed by atoms with van der Waals surface area (Å²) < 4.78 is 7.04. The molecule has 1 aromatic heterocycles. The molecular formula is C13H14ClN3O2. The van der Waals surface area contributed by atoms with E-state index in [2.05, 4.69) is 4.98 Å². The number of rotatable bonds is 4. The number of aromatic nitrogens is 2. The number of imidazole rings is 1. The van der Waals surface area contributed by atoms with Crippen molar-refractivity contribution in [3.05, 3.63) is 47.0 Å². The monoisotopic (exact) mass is 279 g/mol. The number of nitrogens with zero attached hydrogens (tertiary/aromatic N) is 2. The summed E-state index contributed by atoms with van der Waals surface area (Å²) in [4.78, 5) is 15.9.